The monoisotopic (exact) mass is 432 g/mol. The minimum atomic E-state index is -4.66. The van der Waals surface area contributed by atoms with Crippen LogP contribution in [-0.4, -0.2) is 50.2 Å². The van der Waals surface area contributed by atoms with E-state index in [9.17, 15) is 23.1 Å². The first-order chi connectivity index (χ1) is 14.9. The van der Waals surface area contributed by atoms with Crippen LogP contribution in [0.3, 0.4) is 0 Å². The number of rotatable bonds is 3. The van der Waals surface area contributed by atoms with Crippen LogP contribution in [0.25, 0.3) is 16.9 Å². The van der Waals surface area contributed by atoms with Crippen LogP contribution in [-0.2, 0) is 6.18 Å². The maximum Gasteiger partial charge on any atom is 0.433 e. The Hall–Kier alpha value is -2.94. The molecule has 1 aromatic carbocycles. The average Bonchev–Trinajstić information content (AvgIpc) is 3.17. The molecular weight excluding hydrogens is 409 g/mol. The van der Waals surface area contributed by atoms with Crippen molar-refractivity contribution in [2.45, 2.75) is 31.9 Å². The van der Waals surface area contributed by atoms with Gasteiger partial charge in [-0.3, -0.25) is 4.79 Å². The number of halogens is 3. The van der Waals surface area contributed by atoms with E-state index >= 15 is 0 Å². The summed E-state index contributed by atoms with van der Waals surface area (Å²) < 4.78 is 42.0. The highest BCUT2D eigenvalue weighted by Gasteiger charge is 2.36. The molecule has 1 unspecified atom stereocenters. The highest BCUT2D eigenvalue weighted by molar-refractivity contribution is 5.93. The predicted molar refractivity (Wildman–Crippen MR) is 108 cm³/mol. The van der Waals surface area contributed by atoms with Crippen molar-refractivity contribution >= 4 is 11.6 Å². The molecule has 6 nitrogen and oxygen atoms in total. The Balaban J connectivity index is 1.72. The zero-order valence-electron chi connectivity index (χ0n) is 16.8. The molecule has 2 aromatic heterocycles. The number of amides is 1. The van der Waals surface area contributed by atoms with Crippen LogP contribution in [0.2, 0.25) is 0 Å². The minimum Gasteiger partial charge on any atom is -0.396 e. The number of benzene rings is 1. The molecule has 0 saturated carbocycles. The summed E-state index contributed by atoms with van der Waals surface area (Å²) >= 11 is 0. The van der Waals surface area contributed by atoms with Gasteiger partial charge in [-0.15, -0.1) is 0 Å². The van der Waals surface area contributed by atoms with E-state index in [-0.39, 0.29) is 29.6 Å². The van der Waals surface area contributed by atoms with Gasteiger partial charge in [0.25, 0.3) is 5.91 Å². The highest BCUT2D eigenvalue weighted by atomic mass is 19.4. The van der Waals surface area contributed by atoms with Gasteiger partial charge in [0.05, 0.1) is 5.69 Å². The molecule has 4 rings (SSSR count). The van der Waals surface area contributed by atoms with Crippen LogP contribution in [0.1, 0.15) is 41.9 Å². The number of nitrogens with zero attached hydrogens (tertiary/aromatic N) is 4. The Morgan fingerprint density at radius 3 is 2.58 bits per heavy atom. The molecule has 0 aliphatic carbocycles. The number of aromatic nitrogens is 3. The van der Waals surface area contributed by atoms with Gasteiger partial charge in [-0.25, -0.2) is 9.50 Å². The van der Waals surface area contributed by atoms with Gasteiger partial charge in [-0.2, -0.15) is 18.3 Å². The van der Waals surface area contributed by atoms with Gasteiger partial charge >= 0.3 is 6.18 Å². The summed E-state index contributed by atoms with van der Waals surface area (Å²) in [5.74, 6) is -0.290. The zero-order valence-corrected chi connectivity index (χ0v) is 16.8. The first-order valence-electron chi connectivity index (χ1n) is 10.3. The number of alkyl halides is 3. The third-order valence-electron chi connectivity index (χ3n) is 5.65. The molecule has 164 valence electrons. The summed E-state index contributed by atoms with van der Waals surface area (Å²) in [5.41, 5.74) is -0.371. The Morgan fingerprint density at radius 2 is 1.87 bits per heavy atom. The molecule has 0 spiro atoms. The zero-order chi connectivity index (χ0) is 22.0. The number of carbonyl (C=O) groups excluding carboxylic acids is 1. The Labute approximate surface area is 177 Å². The minimum absolute atomic E-state index is 0.0303. The van der Waals surface area contributed by atoms with Crippen molar-refractivity contribution in [2.75, 3.05) is 19.7 Å². The topological polar surface area (TPSA) is 70.7 Å². The number of carbonyl (C=O) groups is 1. The first kappa shape index (κ1) is 21.3. The lowest BCUT2D eigenvalue weighted by atomic mass is 9.97. The van der Waals surface area contributed by atoms with E-state index in [4.69, 9.17) is 0 Å². The lowest BCUT2D eigenvalue weighted by molar-refractivity contribution is -0.142. The maximum atomic E-state index is 13.8. The molecule has 1 N–H and O–H groups in total. The van der Waals surface area contributed by atoms with Gasteiger partial charge in [-0.1, -0.05) is 36.8 Å². The van der Waals surface area contributed by atoms with Gasteiger partial charge in [0, 0.05) is 31.3 Å². The summed E-state index contributed by atoms with van der Waals surface area (Å²) in [6, 6.07) is 10.8. The molecule has 3 heterocycles. The Bertz CT molecular complexity index is 1070. The fraction of sp³-hybridized carbons (Fsp3) is 0.409. The van der Waals surface area contributed by atoms with E-state index in [1.165, 1.54) is 6.07 Å². The average molecular weight is 432 g/mol. The van der Waals surface area contributed by atoms with Crippen molar-refractivity contribution in [2.24, 2.45) is 5.92 Å². The van der Waals surface area contributed by atoms with E-state index in [2.05, 4.69) is 10.1 Å². The third kappa shape index (κ3) is 4.56. The summed E-state index contributed by atoms with van der Waals surface area (Å²) in [7, 11) is 0. The fourth-order valence-electron chi connectivity index (χ4n) is 3.92. The van der Waals surface area contributed by atoms with Crippen molar-refractivity contribution in [1.29, 1.82) is 0 Å². The van der Waals surface area contributed by atoms with Crippen molar-refractivity contribution < 1.29 is 23.1 Å². The van der Waals surface area contributed by atoms with E-state index in [0.717, 1.165) is 25.3 Å². The second-order valence-electron chi connectivity index (χ2n) is 7.82. The summed E-state index contributed by atoms with van der Waals surface area (Å²) in [5, 5.41) is 13.4. The second-order valence-corrected chi connectivity index (χ2v) is 7.82. The lowest BCUT2D eigenvalue weighted by Crippen LogP contribution is -2.35. The van der Waals surface area contributed by atoms with Crippen LogP contribution in [0, 0.1) is 5.92 Å². The standard InChI is InChI=1S/C22H23F3N4O2/c23-22(24,25)19-12-17(16-7-2-1-3-8-16)26-20-13-18(27-29(19)20)21(31)28-10-5-4-6-15(14-30)9-11-28/h1-3,7-8,12-13,15,30H,4-6,9-11,14H2. The van der Waals surface area contributed by atoms with Crippen LogP contribution in [0.4, 0.5) is 13.2 Å². The van der Waals surface area contributed by atoms with E-state index in [1.807, 2.05) is 0 Å². The Kier molecular flexibility index (Phi) is 5.95. The number of aliphatic hydroxyl groups excluding tert-OH is 1. The first-order valence-corrected chi connectivity index (χ1v) is 10.3. The number of hydrogen-bond donors (Lipinski definition) is 1. The van der Waals surface area contributed by atoms with E-state index in [0.29, 0.717) is 29.6 Å². The summed E-state index contributed by atoms with van der Waals surface area (Å²) in [6.07, 6.45) is -1.43. The third-order valence-corrected chi connectivity index (χ3v) is 5.65. The number of aliphatic hydroxyl groups is 1. The van der Waals surface area contributed by atoms with Gasteiger partial charge in [0.2, 0.25) is 0 Å². The van der Waals surface area contributed by atoms with Gasteiger partial charge < -0.3 is 10.0 Å². The largest absolute Gasteiger partial charge is 0.433 e. The molecule has 1 atom stereocenters. The molecule has 1 amide bonds. The highest BCUT2D eigenvalue weighted by Crippen LogP contribution is 2.32. The van der Waals surface area contributed by atoms with Crippen LogP contribution >= 0.6 is 0 Å². The number of hydrogen-bond acceptors (Lipinski definition) is 4. The number of likely N-dealkylation sites (tertiary alicyclic amines) is 1. The molecule has 1 aliphatic rings. The van der Waals surface area contributed by atoms with Crippen LogP contribution in [0.15, 0.2) is 42.5 Å². The van der Waals surface area contributed by atoms with Crippen molar-refractivity contribution in [3.05, 3.63) is 53.9 Å². The van der Waals surface area contributed by atoms with Gasteiger partial charge in [0.15, 0.2) is 17.0 Å². The normalized spacial score (nSPS) is 18.1. The van der Waals surface area contributed by atoms with Gasteiger partial charge in [-0.05, 0) is 31.2 Å². The van der Waals surface area contributed by atoms with Gasteiger partial charge in [0.1, 0.15) is 0 Å². The van der Waals surface area contributed by atoms with Crippen molar-refractivity contribution in [3.8, 4) is 11.3 Å². The fourth-order valence-corrected chi connectivity index (χ4v) is 3.92. The molecule has 1 saturated heterocycles. The molecule has 1 fully saturated rings. The molecule has 9 heteroatoms. The molecule has 31 heavy (non-hydrogen) atoms. The number of fused-ring (bicyclic) bond motifs is 1. The summed E-state index contributed by atoms with van der Waals surface area (Å²) in [4.78, 5) is 19.0. The van der Waals surface area contributed by atoms with Crippen molar-refractivity contribution in [3.63, 3.8) is 0 Å². The molecule has 0 bridgehead atoms. The maximum absolute atomic E-state index is 13.8. The predicted octanol–water partition coefficient (Wildman–Crippen LogP) is 4.04. The molecule has 3 aromatic rings. The smallest absolute Gasteiger partial charge is 0.396 e. The SMILES string of the molecule is O=C(c1cc2nc(-c3ccccc3)cc(C(F)(F)F)n2n1)N1CCCCC(CO)CC1. The molecule has 0 radical (unpaired) electrons. The van der Waals surface area contributed by atoms with Crippen LogP contribution < -0.4 is 0 Å². The second kappa shape index (κ2) is 8.66. The van der Waals surface area contributed by atoms with Crippen molar-refractivity contribution in [1.82, 2.24) is 19.5 Å². The van der Waals surface area contributed by atoms with Crippen LogP contribution in [0.5, 0.6) is 0 Å². The Morgan fingerprint density at radius 1 is 1.10 bits per heavy atom. The summed E-state index contributed by atoms with van der Waals surface area (Å²) in [6.45, 7) is 1.02. The molecular formula is C22H23F3N4O2. The quantitative estimate of drug-likeness (QED) is 0.678. The van der Waals surface area contributed by atoms with E-state index in [1.54, 1.807) is 35.2 Å². The lowest BCUT2D eigenvalue weighted by Gasteiger charge is -2.27. The van der Waals surface area contributed by atoms with E-state index < -0.39 is 17.8 Å². The molecule has 1 aliphatic heterocycles.